The number of benzene rings is 1. The number of hydrogen-bond acceptors (Lipinski definition) is 1. The lowest BCUT2D eigenvalue weighted by Crippen LogP contribution is -2.49. The van der Waals surface area contributed by atoms with E-state index in [4.69, 9.17) is 6.42 Å². The first-order valence-corrected chi connectivity index (χ1v) is 6.42. The molecule has 0 spiro atoms. The summed E-state index contributed by atoms with van der Waals surface area (Å²) in [4.78, 5) is 0. The lowest BCUT2D eigenvalue weighted by molar-refractivity contribution is -0.264. The highest BCUT2D eigenvalue weighted by Gasteiger charge is 2.55. The van der Waals surface area contributed by atoms with Crippen molar-refractivity contribution in [1.29, 1.82) is 0 Å². The quantitative estimate of drug-likeness (QED) is 0.655. The van der Waals surface area contributed by atoms with Gasteiger partial charge in [-0.2, -0.15) is 13.2 Å². The van der Waals surface area contributed by atoms with Crippen molar-refractivity contribution >= 4 is 0 Å². The van der Waals surface area contributed by atoms with Gasteiger partial charge in [0.25, 0.3) is 0 Å². The lowest BCUT2D eigenvalue weighted by Gasteiger charge is -2.37. The highest BCUT2D eigenvalue weighted by Crippen LogP contribution is 2.43. The summed E-state index contributed by atoms with van der Waals surface area (Å²) in [5.41, 5.74) is -3.01. The Bertz CT molecular complexity index is 554. The number of rotatable bonds is 4. The van der Waals surface area contributed by atoms with Crippen molar-refractivity contribution in [3.05, 3.63) is 35.1 Å². The molecule has 0 aliphatic rings. The third kappa shape index (κ3) is 3.76. The van der Waals surface area contributed by atoms with E-state index < -0.39 is 35.9 Å². The minimum atomic E-state index is -4.85. The molecule has 21 heavy (non-hydrogen) atoms. The molecule has 0 aliphatic heterocycles. The molecular formula is C16H18F4O. The maximum Gasteiger partial charge on any atom is 0.418 e. The third-order valence-corrected chi connectivity index (χ3v) is 3.59. The molecule has 1 nitrogen and oxygen atoms in total. The number of terminal acetylenes is 1. The summed E-state index contributed by atoms with van der Waals surface area (Å²) < 4.78 is 52.7. The van der Waals surface area contributed by atoms with Gasteiger partial charge < -0.3 is 5.11 Å². The summed E-state index contributed by atoms with van der Waals surface area (Å²) in [6, 6.07) is 3.94. The first-order valence-electron chi connectivity index (χ1n) is 6.42. The maximum atomic E-state index is 13.4. The smallest absolute Gasteiger partial charge is 0.380 e. The van der Waals surface area contributed by atoms with Crippen LogP contribution in [0.15, 0.2) is 18.2 Å². The van der Waals surface area contributed by atoms with Crippen molar-refractivity contribution < 1.29 is 22.7 Å². The molecular weight excluding hydrogens is 284 g/mol. The van der Waals surface area contributed by atoms with Gasteiger partial charge >= 0.3 is 6.18 Å². The Balaban J connectivity index is 3.24. The molecule has 0 aliphatic carbocycles. The first kappa shape index (κ1) is 17.5. The van der Waals surface area contributed by atoms with Gasteiger partial charge in [0.15, 0.2) is 5.60 Å². The van der Waals surface area contributed by atoms with Gasteiger partial charge in [0.05, 0.1) is 0 Å². The Morgan fingerprint density at radius 2 is 1.81 bits per heavy atom. The monoisotopic (exact) mass is 302 g/mol. The van der Waals surface area contributed by atoms with E-state index >= 15 is 0 Å². The molecule has 1 aromatic rings. The molecule has 1 rings (SSSR count). The average Bonchev–Trinajstić information content (AvgIpc) is 2.30. The van der Waals surface area contributed by atoms with Crippen LogP contribution in [0, 0.1) is 25.1 Å². The third-order valence-electron chi connectivity index (χ3n) is 3.59. The Kier molecular flexibility index (Phi) is 4.74. The summed E-state index contributed by atoms with van der Waals surface area (Å²) in [7, 11) is 0. The summed E-state index contributed by atoms with van der Waals surface area (Å²) in [5, 5.41) is 9.94. The minimum Gasteiger partial charge on any atom is -0.380 e. The topological polar surface area (TPSA) is 20.2 Å². The van der Waals surface area contributed by atoms with Gasteiger partial charge in [0.1, 0.15) is 5.82 Å². The van der Waals surface area contributed by atoms with Crippen molar-refractivity contribution in [2.45, 2.75) is 50.8 Å². The molecule has 0 amide bonds. The van der Waals surface area contributed by atoms with Gasteiger partial charge in [-0.1, -0.05) is 19.9 Å². The molecule has 1 atom stereocenters. The van der Waals surface area contributed by atoms with Crippen molar-refractivity contribution in [3.63, 3.8) is 0 Å². The number of aliphatic hydroxyl groups is 1. The molecule has 5 heteroatoms. The van der Waals surface area contributed by atoms with E-state index in [1.54, 1.807) is 6.92 Å². The molecule has 0 heterocycles. The Morgan fingerprint density at radius 3 is 2.29 bits per heavy atom. The van der Waals surface area contributed by atoms with Gasteiger partial charge in [0, 0.05) is 6.42 Å². The normalized spacial score (nSPS) is 15.4. The standard InChI is InChI=1S/C16H18F4O/c1-5-8-15(21,16(18,19)20)10-14(3,4)13-9-12(17)7-6-11(13)2/h1,6-7,9,21H,8,10H2,2-4H3/t15-/m1/s1. The van der Waals surface area contributed by atoms with Gasteiger partial charge in [-0.3, -0.25) is 0 Å². The van der Waals surface area contributed by atoms with Crippen LogP contribution in [0.1, 0.15) is 37.8 Å². The summed E-state index contributed by atoms with van der Waals surface area (Å²) in [6.07, 6.45) is -1.38. The molecule has 0 saturated heterocycles. The molecule has 0 radical (unpaired) electrons. The fourth-order valence-corrected chi connectivity index (χ4v) is 2.58. The molecule has 0 aromatic heterocycles. The molecule has 0 bridgehead atoms. The Morgan fingerprint density at radius 1 is 1.24 bits per heavy atom. The SMILES string of the molecule is C#CC[C@@](O)(CC(C)(C)c1cc(F)ccc1C)C(F)(F)F. The zero-order valence-corrected chi connectivity index (χ0v) is 12.2. The fourth-order valence-electron chi connectivity index (χ4n) is 2.58. The van der Waals surface area contributed by atoms with E-state index in [1.165, 1.54) is 32.0 Å². The van der Waals surface area contributed by atoms with E-state index in [9.17, 15) is 22.7 Å². The highest BCUT2D eigenvalue weighted by molar-refractivity contribution is 5.33. The van der Waals surface area contributed by atoms with Gasteiger partial charge in [-0.15, -0.1) is 12.3 Å². The number of hydrogen-bond donors (Lipinski definition) is 1. The van der Waals surface area contributed by atoms with Crippen molar-refractivity contribution in [3.8, 4) is 12.3 Å². The summed E-state index contributed by atoms with van der Waals surface area (Å²) in [5.74, 6) is 1.34. The number of aryl methyl sites for hydroxylation is 1. The largest absolute Gasteiger partial charge is 0.418 e. The lowest BCUT2D eigenvalue weighted by atomic mass is 9.72. The average molecular weight is 302 g/mol. The van der Waals surface area contributed by atoms with E-state index in [0.717, 1.165) is 0 Å². The van der Waals surface area contributed by atoms with E-state index in [2.05, 4.69) is 0 Å². The molecule has 1 N–H and O–H groups in total. The van der Waals surface area contributed by atoms with Crippen LogP contribution in [-0.2, 0) is 5.41 Å². The zero-order chi connectivity index (χ0) is 16.5. The van der Waals surface area contributed by atoms with E-state index in [1.807, 2.05) is 5.92 Å². The zero-order valence-electron chi connectivity index (χ0n) is 12.2. The van der Waals surface area contributed by atoms with Crippen molar-refractivity contribution in [2.24, 2.45) is 0 Å². The maximum absolute atomic E-state index is 13.4. The van der Waals surface area contributed by atoms with Crippen molar-refractivity contribution in [1.82, 2.24) is 0 Å². The van der Waals surface area contributed by atoms with Crippen LogP contribution in [0.4, 0.5) is 17.6 Å². The second kappa shape index (κ2) is 5.69. The Labute approximate surface area is 122 Å². The number of halogens is 4. The van der Waals surface area contributed by atoms with Crippen LogP contribution in [0.2, 0.25) is 0 Å². The molecule has 0 saturated carbocycles. The molecule has 0 fully saturated rings. The van der Waals surface area contributed by atoms with E-state index in [0.29, 0.717) is 11.1 Å². The number of alkyl halides is 3. The van der Waals surface area contributed by atoms with Crippen LogP contribution in [0.3, 0.4) is 0 Å². The Hall–Kier alpha value is -1.54. The van der Waals surface area contributed by atoms with E-state index in [-0.39, 0.29) is 0 Å². The van der Waals surface area contributed by atoms with Crippen LogP contribution < -0.4 is 0 Å². The predicted molar refractivity (Wildman–Crippen MR) is 73.2 cm³/mol. The first-order chi connectivity index (χ1) is 9.43. The van der Waals surface area contributed by atoms with Gasteiger partial charge in [0.2, 0.25) is 0 Å². The van der Waals surface area contributed by atoms with Crippen molar-refractivity contribution in [2.75, 3.05) is 0 Å². The summed E-state index contributed by atoms with van der Waals surface area (Å²) in [6.45, 7) is 4.74. The minimum absolute atomic E-state index is 0.419. The van der Waals surface area contributed by atoms with Gasteiger partial charge in [-0.25, -0.2) is 4.39 Å². The molecule has 116 valence electrons. The van der Waals surface area contributed by atoms with Crippen LogP contribution in [-0.4, -0.2) is 16.9 Å². The van der Waals surface area contributed by atoms with Crippen LogP contribution in [0.5, 0.6) is 0 Å². The second-order valence-electron chi connectivity index (χ2n) is 5.93. The van der Waals surface area contributed by atoms with Crippen LogP contribution in [0.25, 0.3) is 0 Å². The van der Waals surface area contributed by atoms with Gasteiger partial charge in [-0.05, 0) is 42.0 Å². The molecule has 1 aromatic carbocycles. The fraction of sp³-hybridized carbons (Fsp3) is 0.500. The molecule has 0 unspecified atom stereocenters. The predicted octanol–water partition coefficient (Wildman–Crippen LogP) is 4.12. The summed E-state index contributed by atoms with van der Waals surface area (Å²) >= 11 is 0. The highest BCUT2D eigenvalue weighted by atomic mass is 19.4. The van der Waals surface area contributed by atoms with Crippen LogP contribution >= 0.6 is 0 Å². The second-order valence-corrected chi connectivity index (χ2v) is 5.93.